The molecule has 4 rings (SSSR count). The van der Waals surface area contributed by atoms with E-state index in [1.165, 1.54) is 0 Å². The minimum absolute atomic E-state index is 0.748. The van der Waals surface area contributed by atoms with Crippen LogP contribution in [0.2, 0.25) is 0 Å². The van der Waals surface area contributed by atoms with E-state index in [1.54, 1.807) is 0 Å². The molecular weight excluding hydrogens is 368 g/mol. The molecule has 0 saturated heterocycles. The highest BCUT2D eigenvalue weighted by Crippen LogP contribution is 2.44. The van der Waals surface area contributed by atoms with E-state index in [-0.39, 0.29) is 0 Å². The fourth-order valence-corrected chi connectivity index (χ4v) is 3.77. The zero-order chi connectivity index (χ0) is 21.1. The standard InChI is InChI=1S/C26H26N4/c1-29-22-13-7-17(8-14-22)23-15-16-24(30-2)26(19-5-11-21(28)12-6-19)25(23)18-3-9-20(27)10-4-18/h3-16,29-30H,27-28H2,1-2H3. The molecule has 4 heteroatoms. The predicted octanol–water partition coefficient (Wildman–Crippen LogP) is 5.94. The number of hydrogen-bond donors (Lipinski definition) is 4. The van der Waals surface area contributed by atoms with Gasteiger partial charge in [0.15, 0.2) is 0 Å². The first-order chi connectivity index (χ1) is 14.6. The maximum absolute atomic E-state index is 5.97. The van der Waals surface area contributed by atoms with Crippen molar-refractivity contribution in [3.63, 3.8) is 0 Å². The highest BCUT2D eigenvalue weighted by Gasteiger charge is 2.18. The molecule has 0 radical (unpaired) electrons. The number of nitrogens with one attached hydrogen (secondary N) is 2. The summed E-state index contributed by atoms with van der Waals surface area (Å²) >= 11 is 0. The van der Waals surface area contributed by atoms with Gasteiger partial charge in [-0.25, -0.2) is 0 Å². The van der Waals surface area contributed by atoms with Crippen molar-refractivity contribution < 1.29 is 0 Å². The predicted molar refractivity (Wildman–Crippen MR) is 131 cm³/mol. The molecule has 0 aliphatic rings. The average molecular weight is 395 g/mol. The Hall–Kier alpha value is -3.92. The lowest BCUT2D eigenvalue weighted by Gasteiger charge is -2.20. The van der Waals surface area contributed by atoms with Crippen LogP contribution in [0.3, 0.4) is 0 Å². The zero-order valence-electron chi connectivity index (χ0n) is 17.2. The second kappa shape index (κ2) is 8.21. The Kier molecular flexibility index (Phi) is 5.31. The minimum Gasteiger partial charge on any atom is -0.399 e. The van der Waals surface area contributed by atoms with E-state index in [0.29, 0.717) is 0 Å². The monoisotopic (exact) mass is 394 g/mol. The van der Waals surface area contributed by atoms with Crippen molar-refractivity contribution >= 4 is 22.7 Å². The molecule has 0 atom stereocenters. The molecule has 0 unspecified atom stereocenters. The van der Waals surface area contributed by atoms with Crippen LogP contribution in [-0.4, -0.2) is 14.1 Å². The molecule has 4 aromatic rings. The third kappa shape index (κ3) is 3.67. The maximum Gasteiger partial charge on any atom is 0.0424 e. The fraction of sp³-hybridized carbons (Fsp3) is 0.0769. The molecule has 0 aliphatic carbocycles. The summed E-state index contributed by atoms with van der Waals surface area (Å²) in [5, 5.41) is 6.54. The Balaban J connectivity index is 2.03. The lowest BCUT2D eigenvalue weighted by Crippen LogP contribution is -1.98. The van der Waals surface area contributed by atoms with Crippen LogP contribution < -0.4 is 22.1 Å². The first-order valence-electron chi connectivity index (χ1n) is 9.95. The van der Waals surface area contributed by atoms with Crippen LogP contribution in [0.4, 0.5) is 22.7 Å². The Labute approximate surface area is 177 Å². The molecule has 0 amide bonds. The molecule has 150 valence electrons. The average Bonchev–Trinajstić information content (AvgIpc) is 2.79. The van der Waals surface area contributed by atoms with Gasteiger partial charge < -0.3 is 22.1 Å². The molecule has 0 heterocycles. The molecule has 4 aromatic carbocycles. The van der Waals surface area contributed by atoms with Crippen LogP contribution in [-0.2, 0) is 0 Å². The van der Waals surface area contributed by atoms with Crippen LogP contribution in [0.5, 0.6) is 0 Å². The van der Waals surface area contributed by atoms with Crippen molar-refractivity contribution in [3.8, 4) is 33.4 Å². The highest BCUT2D eigenvalue weighted by molar-refractivity contribution is 6.00. The Morgan fingerprint density at radius 3 is 1.50 bits per heavy atom. The summed E-state index contributed by atoms with van der Waals surface area (Å²) < 4.78 is 0. The summed E-state index contributed by atoms with van der Waals surface area (Å²) in [7, 11) is 3.88. The Bertz CT molecular complexity index is 1150. The van der Waals surface area contributed by atoms with E-state index < -0.39 is 0 Å². The van der Waals surface area contributed by atoms with Gasteiger partial charge in [-0.1, -0.05) is 42.5 Å². The summed E-state index contributed by atoms with van der Waals surface area (Å²) in [6.45, 7) is 0. The van der Waals surface area contributed by atoms with Gasteiger partial charge in [-0.05, 0) is 70.3 Å². The second-order valence-corrected chi connectivity index (χ2v) is 7.23. The van der Waals surface area contributed by atoms with Crippen molar-refractivity contribution in [1.82, 2.24) is 0 Å². The number of benzene rings is 4. The maximum atomic E-state index is 5.97. The van der Waals surface area contributed by atoms with Crippen LogP contribution in [0.25, 0.3) is 33.4 Å². The quantitative estimate of drug-likeness (QED) is 0.316. The van der Waals surface area contributed by atoms with Crippen LogP contribution >= 0.6 is 0 Å². The normalized spacial score (nSPS) is 10.6. The van der Waals surface area contributed by atoms with Gasteiger partial charge in [-0.15, -0.1) is 0 Å². The molecular formula is C26H26N4. The van der Waals surface area contributed by atoms with Crippen molar-refractivity contribution in [2.75, 3.05) is 36.2 Å². The van der Waals surface area contributed by atoms with Gasteiger partial charge >= 0.3 is 0 Å². The highest BCUT2D eigenvalue weighted by atomic mass is 14.8. The molecule has 0 saturated carbocycles. The number of hydrogen-bond acceptors (Lipinski definition) is 4. The summed E-state index contributed by atoms with van der Waals surface area (Å²) in [6, 6.07) is 28.9. The fourth-order valence-electron chi connectivity index (χ4n) is 3.77. The van der Waals surface area contributed by atoms with Crippen molar-refractivity contribution in [3.05, 3.63) is 84.9 Å². The first-order valence-corrected chi connectivity index (χ1v) is 9.95. The smallest absolute Gasteiger partial charge is 0.0424 e. The molecule has 0 bridgehead atoms. The molecule has 6 N–H and O–H groups in total. The Morgan fingerprint density at radius 1 is 0.500 bits per heavy atom. The molecule has 30 heavy (non-hydrogen) atoms. The van der Waals surface area contributed by atoms with E-state index in [2.05, 4.69) is 71.3 Å². The van der Waals surface area contributed by atoms with Crippen LogP contribution in [0, 0.1) is 0 Å². The van der Waals surface area contributed by atoms with E-state index in [1.807, 2.05) is 38.4 Å². The van der Waals surface area contributed by atoms with Gasteiger partial charge in [0.05, 0.1) is 0 Å². The minimum atomic E-state index is 0.748. The molecule has 0 aliphatic heterocycles. The van der Waals surface area contributed by atoms with E-state index in [9.17, 15) is 0 Å². The number of nitrogen functional groups attached to an aromatic ring is 2. The van der Waals surface area contributed by atoms with Gasteiger partial charge in [0, 0.05) is 42.4 Å². The second-order valence-electron chi connectivity index (χ2n) is 7.23. The number of anilines is 4. The first kappa shape index (κ1) is 19.4. The lowest BCUT2D eigenvalue weighted by atomic mass is 9.86. The van der Waals surface area contributed by atoms with Crippen molar-refractivity contribution in [1.29, 1.82) is 0 Å². The van der Waals surface area contributed by atoms with Gasteiger partial charge in [-0.3, -0.25) is 0 Å². The van der Waals surface area contributed by atoms with Crippen LogP contribution in [0.15, 0.2) is 84.9 Å². The third-order valence-electron chi connectivity index (χ3n) is 5.36. The summed E-state index contributed by atoms with van der Waals surface area (Å²) in [6.07, 6.45) is 0. The summed E-state index contributed by atoms with van der Waals surface area (Å²) in [5.41, 5.74) is 22.4. The molecule has 0 fully saturated rings. The van der Waals surface area contributed by atoms with Gasteiger partial charge in [0.2, 0.25) is 0 Å². The van der Waals surface area contributed by atoms with Crippen molar-refractivity contribution in [2.45, 2.75) is 0 Å². The van der Waals surface area contributed by atoms with E-state index in [0.717, 1.165) is 56.1 Å². The van der Waals surface area contributed by atoms with Gasteiger partial charge in [-0.2, -0.15) is 0 Å². The largest absolute Gasteiger partial charge is 0.399 e. The molecule has 4 nitrogen and oxygen atoms in total. The topological polar surface area (TPSA) is 76.1 Å². The molecule has 0 spiro atoms. The number of nitrogens with two attached hydrogens (primary N) is 2. The van der Waals surface area contributed by atoms with E-state index >= 15 is 0 Å². The number of rotatable bonds is 5. The SMILES string of the molecule is CNc1ccc(-c2ccc(NC)c(-c3ccc(N)cc3)c2-c2ccc(N)cc2)cc1. The van der Waals surface area contributed by atoms with Crippen LogP contribution in [0.1, 0.15) is 0 Å². The lowest BCUT2D eigenvalue weighted by molar-refractivity contribution is 1.48. The van der Waals surface area contributed by atoms with Crippen molar-refractivity contribution in [2.24, 2.45) is 0 Å². The van der Waals surface area contributed by atoms with E-state index in [4.69, 9.17) is 11.5 Å². The molecule has 0 aromatic heterocycles. The summed E-state index contributed by atoms with van der Waals surface area (Å²) in [5.74, 6) is 0. The summed E-state index contributed by atoms with van der Waals surface area (Å²) in [4.78, 5) is 0. The Morgan fingerprint density at radius 2 is 1.00 bits per heavy atom. The zero-order valence-corrected chi connectivity index (χ0v) is 17.2. The van der Waals surface area contributed by atoms with Gasteiger partial charge in [0.25, 0.3) is 0 Å². The third-order valence-corrected chi connectivity index (χ3v) is 5.36. The van der Waals surface area contributed by atoms with Gasteiger partial charge in [0.1, 0.15) is 0 Å².